The molecule has 202 valence electrons. The molecule has 16 N–H and O–H groups in total. The Hall–Kier alpha value is -0.350. The SMILES string of the molecule is CO[I-]O[N+](N)(OC[N+](N)(OC)O[N+](N)(OC)ON(OC)ONN)ON(N)ON(N)ONN. The molecule has 0 spiro atoms. The van der Waals surface area contributed by atoms with Crippen LogP contribution < -0.4 is 74.1 Å². The van der Waals surface area contributed by atoms with Gasteiger partial charge in [0.05, 0.1) is 0 Å². The molecule has 0 aromatic heterocycles. The average molecular weight is 619 g/mol. The molecule has 0 fully saturated rings. The molecule has 33 heavy (non-hydrogen) atoms. The second-order valence-electron chi connectivity index (χ2n) is 4.44. The topological polar surface area (TPSA) is 327 Å². The van der Waals surface area contributed by atoms with E-state index in [0.29, 0.717) is 0 Å². The molecule has 0 aromatic rings. The molecule has 0 saturated carbocycles. The zero-order chi connectivity index (χ0) is 25.5. The summed E-state index contributed by atoms with van der Waals surface area (Å²) in [6.45, 7) is -0.894. The van der Waals surface area contributed by atoms with Gasteiger partial charge in [0.25, 0.3) is 0 Å². The van der Waals surface area contributed by atoms with E-state index >= 15 is 0 Å². The molecular formula is C5H30IN15O12+2. The second-order valence-corrected chi connectivity index (χ2v) is 6.07. The van der Waals surface area contributed by atoms with Gasteiger partial charge >= 0.3 is 196 Å². The van der Waals surface area contributed by atoms with Gasteiger partial charge in [0.15, 0.2) is 0 Å². The Balaban J connectivity index is 5.31. The summed E-state index contributed by atoms with van der Waals surface area (Å²) in [6, 6.07) is 0. The normalized spacial score (nSPS) is 18.1. The van der Waals surface area contributed by atoms with Crippen LogP contribution in [0.3, 0.4) is 0 Å². The van der Waals surface area contributed by atoms with E-state index in [4.69, 9.17) is 76.5 Å². The molecule has 0 amide bonds. The number of quaternary nitrogens is 3. The minimum atomic E-state index is -1.78. The Morgan fingerprint density at radius 3 is 1.97 bits per heavy atom. The number of hydrazine groups is 4. The van der Waals surface area contributed by atoms with Crippen molar-refractivity contribution in [2.45, 2.75) is 0 Å². The molecule has 0 bridgehead atoms. The van der Waals surface area contributed by atoms with E-state index in [1.807, 2.05) is 0 Å². The third-order valence-corrected chi connectivity index (χ3v) is 3.44. The second kappa shape index (κ2) is 16.3. The fraction of sp³-hybridized carbons (Fsp3) is 1.00. The van der Waals surface area contributed by atoms with Crippen molar-refractivity contribution in [3.05, 3.63) is 0 Å². The molecule has 0 heterocycles. The molecule has 0 radical (unpaired) electrons. The third kappa shape index (κ3) is 13.4. The Bertz CT molecular complexity index is 520. The number of hydrogen-bond donors (Lipinski definition) is 9. The fourth-order valence-electron chi connectivity index (χ4n) is 1.17. The molecule has 0 aliphatic heterocycles. The van der Waals surface area contributed by atoms with Gasteiger partial charge in [-0.25, -0.2) is 0 Å². The van der Waals surface area contributed by atoms with E-state index in [0.717, 1.165) is 21.3 Å². The molecule has 0 aromatic carbocycles. The monoisotopic (exact) mass is 619 g/mol. The van der Waals surface area contributed by atoms with Crippen molar-refractivity contribution in [3.63, 3.8) is 0 Å². The third-order valence-electron chi connectivity index (χ3n) is 2.38. The zero-order valence-corrected chi connectivity index (χ0v) is 19.9. The van der Waals surface area contributed by atoms with Gasteiger partial charge in [-0.05, 0) is 0 Å². The molecule has 27 nitrogen and oxygen atoms in total. The van der Waals surface area contributed by atoms with Gasteiger partial charge < -0.3 is 0 Å². The first kappa shape index (κ1) is 32.7. The minimum absolute atomic E-state index is 0.0325. The molecule has 0 saturated heterocycles. The van der Waals surface area contributed by atoms with Crippen LogP contribution in [-0.2, 0) is 55.2 Å². The van der Waals surface area contributed by atoms with E-state index in [9.17, 15) is 0 Å². The van der Waals surface area contributed by atoms with Crippen LogP contribution in [-0.4, -0.2) is 66.3 Å². The summed E-state index contributed by atoms with van der Waals surface area (Å²) in [4.78, 5) is 46.2. The Morgan fingerprint density at radius 2 is 1.48 bits per heavy atom. The number of nitrogens with two attached hydrogens (primary N) is 7. The summed E-state index contributed by atoms with van der Waals surface area (Å²) in [5.41, 5.74) is 3.41. The quantitative estimate of drug-likeness (QED) is 0.0189. The van der Waals surface area contributed by atoms with Gasteiger partial charge in [-0.15, -0.1) is 0 Å². The van der Waals surface area contributed by atoms with Gasteiger partial charge in [-0.2, -0.15) is 0 Å². The summed E-state index contributed by atoms with van der Waals surface area (Å²) >= 11 is -1.54. The van der Waals surface area contributed by atoms with Gasteiger partial charge in [0.1, 0.15) is 0 Å². The summed E-state index contributed by atoms with van der Waals surface area (Å²) < 4.78 is 9.88. The van der Waals surface area contributed by atoms with Crippen LogP contribution in [0.25, 0.3) is 0 Å². The van der Waals surface area contributed by atoms with Crippen LogP contribution in [0.5, 0.6) is 0 Å². The van der Waals surface area contributed by atoms with Crippen LogP contribution in [0.1, 0.15) is 0 Å². The summed E-state index contributed by atoms with van der Waals surface area (Å²) in [5.74, 6) is 37.7. The van der Waals surface area contributed by atoms with Gasteiger partial charge in [-0.3, -0.25) is 0 Å². The Morgan fingerprint density at radius 1 is 0.848 bits per heavy atom. The van der Waals surface area contributed by atoms with Crippen LogP contribution >= 0.6 is 0 Å². The number of nitrogens with zero attached hydrogens (tertiary/aromatic N) is 6. The van der Waals surface area contributed by atoms with Crippen LogP contribution in [0.15, 0.2) is 0 Å². The molecule has 3 unspecified atom stereocenters. The summed E-state index contributed by atoms with van der Waals surface area (Å²) in [6.07, 6.45) is 0. The van der Waals surface area contributed by atoms with Crippen LogP contribution in [0.2, 0.25) is 0 Å². The van der Waals surface area contributed by atoms with E-state index in [2.05, 4.69) is 19.7 Å². The zero-order valence-electron chi connectivity index (χ0n) is 17.7. The molecule has 3 atom stereocenters. The fourth-order valence-corrected chi connectivity index (χ4v) is 1.74. The standard InChI is InChI=1S/C5H30IN15O12/c1-22-6-27-21(13,31-17(10)30-16(9)28-14-7)26-5-19(11,24-3)33-20(12,25-4)32-18(23-2)29-15-8/h14-15H,5,7-13H2,1-4H3/q+2. The molecule has 0 rings (SSSR count). The van der Waals surface area contributed by atoms with Crippen LogP contribution in [0, 0.1) is 0 Å². The van der Waals surface area contributed by atoms with Crippen LogP contribution in [0.4, 0.5) is 0 Å². The predicted octanol–water partition coefficient (Wildman–Crippen LogP) is -10.2. The average Bonchev–Trinajstić information content (AvgIpc) is 2.76. The number of rotatable bonds is 21. The number of hydroxylamine groups is 2. The molecule has 0 aliphatic carbocycles. The molecule has 0 aliphatic rings. The summed E-state index contributed by atoms with van der Waals surface area (Å²) in [5, 5.41) is -3.17. The van der Waals surface area contributed by atoms with Crippen molar-refractivity contribution in [2.24, 2.45) is 40.9 Å². The van der Waals surface area contributed by atoms with Crippen molar-refractivity contribution >= 4 is 0 Å². The van der Waals surface area contributed by atoms with Crippen molar-refractivity contribution in [3.8, 4) is 0 Å². The van der Waals surface area contributed by atoms with Gasteiger partial charge in [0.2, 0.25) is 0 Å². The van der Waals surface area contributed by atoms with E-state index < -0.39 is 43.8 Å². The van der Waals surface area contributed by atoms with Gasteiger partial charge in [0, 0.05) is 0 Å². The van der Waals surface area contributed by atoms with Crippen molar-refractivity contribution < 1.29 is 92.3 Å². The maximum atomic E-state index is 5.86. The Labute approximate surface area is 196 Å². The number of hydrogen-bond acceptors (Lipinski definition) is 24. The first-order valence-corrected chi connectivity index (χ1v) is 9.32. The predicted molar refractivity (Wildman–Crippen MR) is 83.5 cm³/mol. The van der Waals surface area contributed by atoms with Gasteiger partial charge in [-0.1, -0.05) is 0 Å². The summed E-state index contributed by atoms with van der Waals surface area (Å²) in [7, 11) is 4.50. The Kier molecular flexibility index (Phi) is 16.2. The first-order valence-electron chi connectivity index (χ1n) is 7.56. The number of nitrogens with one attached hydrogen (secondary N) is 2. The van der Waals surface area contributed by atoms with Crippen molar-refractivity contribution in [2.75, 3.05) is 35.2 Å². The maximum absolute atomic E-state index is 5.86. The number of halogens is 1. The van der Waals surface area contributed by atoms with E-state index in [-0.39, 0.29) is 16.1 Å². The van der Waals surface area contributed by atoms with E-state index in [1.54, 1.807) is 11.2 Å². The van der Waals surface area contributed by atoms with Crippen molar-refractivity contribution in [1.82, 2.24) is 27.2 Å². The molecule has 28 heteroatoms. The first-order chi connectivity index (χ1) is 15.4. The molecular weight excluding hydrogens is 589 g/mol. The van der Waals surface area contributed by atoms with Crippen molar-refractivity contribution in [1.29, 1.82) is 0 Å². The van der Waals surface area contributed by atoms with E-state index in [1.165, 1.54) is 7.11 Å².